The van der Waals surface area contributed by atoms with E-state index in [0.29, 0.717) is 0 Å². The van der Waals surface area contributed by atoms with Crippen molar-refractivity contribution in [3.8, 4) is 0 Å². The molecule has 0 spiro atoms. The fourth-order valence-electron chi connectivity index (χ4n) is 3.24. The summed E-state index contributed by atoms with van der Waals surface area (Å²) in [6.07, 6.45) is -2.14. The minimum atomic E-state index is -4.61. The van der Waals surface area contributed by atoms with Crippen molar-refractivity contribution in [1.82, 2.24) is 19.4 Å². The molecule has 1 atom stereocenters. The van der Waals surface area contributed by atoms with Gasteiger partial charge in [-0.25, -0.2) is 4.98 Å². The Morgan fingerprint density at radius 1 is 1.26 bits per heavy atom. The Kier molecular flexibility index (Phi) is 5.20. The van der Waals surface area contributed by atoms with Gasteiger partial charge in [-0.3, -0.25) is 9.59 Å². The normalized spacial score (nSPS) is 18.0. The highest BCUT2D eigenvalue weighted by Gasteiger charge is 2.48. The van der Waals surface area contributed by atoms with Gasteiger partial charge in [0.1, 0.15) is 6.04 Å². The summed E-state index contributed by atoms with van der Waals surface area (Å²) >= 11 is 0. The molecule has 1 fully saturated rings. The molecule has 27 heavy (non-hydrogen) atoms. The van der Waals surface area contributed by atoms with Crippen LogP contribution < -0.4 is 0 Å². The number of carbonyl (C=O) groups excluding carboxylic acids is 2. The van der Waals surface area contributed by atoms with Crippen LogP contribution in [0.1, 0.15) is 6.42 Å². The number of benzene rings is 1. The monoisotopic (exact) mass is 380 g/mol. The summed E-state index contributed by atoms with van der Waals surface area (Å²) in [5.74, 6) is -1.16. The number of alkyl halides is 3. The molecule has 0 N–H and O–H groups in total. The first-order valence-corrected chi connectivity index (χ1v) is 8.48. The van der Waals surface area contributed by atoms with Crippen molar-refractivity contribution in [2.45, 2.75) is 25.2 Å². The van der Waals surface area contributed by atoms with Crippen LogP contribution in [0.4, 0.5) is 13.2 Å². The third kappa shape index (κ3) is 3.96. The van der Waals surface area contributed by atoms with Crippen LogP contribution in [0.2, 0.25) is 0 Å². The second-order valence-electron chi connectivity index (χ2n) is 6.31. The molecule has 0 aliphatic carbocycles. The molecule has 1 saturated heterocycles. The standard InChI is InChI=1S/C18H19F3N4O2/c1-2-16(26)23-9-10-25(15(11-23)18(19,20)21)17(27)7-8-24-12-22-13-5-3-4-6-14(13)24/h2-6,12,15H,1,7-11H2. The number of piperazine rings is 1. The Morgan fingerprint density at radius 3 is 2.70 bits per heavy atom. The summed E-state index contributed by atoms with van der Waals surface area (Å²) in [5.41, 5.74) is 1.58. The lowest BCUT2D eigenvalue weighted by Crippen LogP contribution is -2.61. The van der Waals surface area contributed by atoms with Gasteiger partial charge in [0.15, 0.2) is 0 Å². The van der Waals surface area contributed by atoms with Crippen LogP contribution in [0.15, 0.2) is 43.2 Å². The fraction of sp³-hybridized carbons (Fsp3) is 0.389. The maximum atomic E-state index is 13.4. The van der Waals surface area contributed by atoms with Crippen LogP contribution in [0.3, 0.4) is 0 Å². The molecule has 1 aromatic carbocycles. The Bertz CT molecular complexity index is 862. The zero-order valence-electron chi connectivity index (χ0n) is 14.5. The first kappa shape index (κ1) is 18.9. The fourth-order valence-corrected chi connectivity index (χ4v) is 3.24. The molecule has 0 saturated carbocycles. The number of para-hydroxylation sites is 2. The van der Waals surface area contributed by atoms with Gasteiger partial charge in [0.2, 0.25) is 11.8 Å². The molecule has 9 heteroatoms. The lowest BCUT2D eigenvalue weighted by atomic mass is 10.1. The number of rotatable bonds is 4. The molecule has 1 aromatic heterocycles. The largest absolute Gasteiger partial charge is 0.410 e. The third-order valence-corrected chi connectivity index (χ3v) is 4.66. The van der Waals surface area contributed by atoms with Crippen molar-refractivity contribution in [2.24, 2.45) is 0 Å². The molecule has 3 rings (SSSR count). The van der Waals surface area contributed by atoms with Crippen molar-refractivity contribution < 1.29 is 22.8 Å². The predicted octanol–water partition coefficient (Wildman–Crippen LogP) is 2.21. The highest BCUT2D eigenvalue weighted by Crippen LogP contribution is 2.28. The summed E-state index contributed by atoms with van der Waals surface area (Å²) in [5, 5.41) is 0. The number of hydrogen-bond donors (Lipinski definition) is 0. The number of fused-ring (bicyclic) bond motifs is 1. The van der Waals surface area contributed by atoms with Crippen molar-refractivity contribution in [1.29, 1.82) is 0 Å². The van der Waals surface area contributed by atoms with Gasteiger partial charge in [0.25, 0.3) is 0 Å². The second-order valence-corrected chi connectivity index (χ2v) is 6.31. The molecule has 2 amide bonds. The zero-order chi connectivity index (χ0) is 19.6. The molecule has 0 radical (unpaired) electrons. The van der Waals surface area contributed by atoms with Gasteiger partial charge >= 0.3 is 6.18 Å². The predicted molar refractivity (Wildman–Crippen MR) is 92.7 cm³/mol. The lowest BCUT2D eigenvalue weighted by Gasteiger charge is -2.41. The van der Waals surface area contributed by atoms with E-state index >= 15 is 0 Å². The van der Waals surface area contributed by atoms with Gasteiger partial charge in [-0.1, -0.05) is 18.7 Å². The Labute approximate surface area is 153 Å². The van der Waals surface area contributed by atoms with Gasteiger partial charge < -0.3 is 14.4 Å². The van der Waals surface area contributed by atoms with Crippen LogP contribution >= 0.6 is 0 Å². The minimum absolute atomic E-state index is 0.0528. The van der Waals surface area contributed by atoms with Crippen molar-refractivity contribution in [3.63, 3.8) is 0 Å². The number of imidazole rings is 1. The second kappa shape index (κ2) is 7.42. The average Bonchev–Trinajstić information content (AvgIpc) is 3.07. The van der Waals surface area contributed by atoms with E-state index in [1.807, 2.05) is 24.3 Å². The zero-order valence-corrected chi connectivity index (χ0v) is 14.5. The number of hydrogen-bond acceptors (Lipinski definition) is 3. The highest BCUT2D eigenvalue weighted by molar-refractivity contribution is 5.87. The maximum Gasteiger partial charge on any atom is 0.410 e. The molecule has 1 unspecified atom stereocenters. The Morgan fingerprint density at radius 2 is 2.00 bits per heavy atom. The summed E-state index contributed by atoms with van der Waals surface area (Å²) in [6.45, 7) is 2.85. The number of nitrogens with zero attached hydrogens (tertiary/aromatic N) is 4. The van der Waals surface area contributed by atoms with Crippen molar-refractivity contribution in [3.05, 3.63) is 43.2 Å². The van der Waals surface area contributed by atoms with Crippen molar-refractivity contribution in [2.75, 3.05) is 19.6 Å². The smallest absolute Gasteiger partial charge is 0.335 e. The Hall–Kier alpha value is -2.84. The molecule has 0 bridgehead atoms. The van der Waals surface area contributed by atoms with Gasteiger partial charge in [0, 0.05) is 26.1 Å². The molecule has 144 valence electrons. The summed E-state index contributed by atoms with van der Waals surface area (Å²) in [6, 6.07) is 5.32. The minimum Gasteiger partial charge on any atom is -0.335 e. The van der Waals surface area contributed by atoms with Gasteiger partial charge in [-0.2, -0.15) is 13.2 Å². The number of amides is 2. The number of halogens is 3. The molecular formula is C18H19F3N4O2. The van der Waals surface area contributed by atoms with Crippen LogP contribution in [-0.4, -0.2) is 63.0 Å². The van der Waals surface area contributed by atoms with Crippen LogP contribution in [0, 0.1) is 0 Å². The van der Waals surface area contributed by atoms with Crippen LogP contribution in [-0.2, 0) is 16.1 Å². The summed E-state index contributed by atoms with van der Waals surface area (Å²) < 4.78 is 42.1. The first-order chi connectivity index (χ1) is 12.8. The van der Waals surface area contributed by atoms with E-state index in [1.165, 1.54) is 0 Å². The molecule has 1 aliphatic heterocycles. The number of carbonyl (C=O) groups is 2. The average molecular weight is 380 g/mol. The third-order valence-electron chi connectivity index (χ3n) is 4.66. The quantitative estimate of drug-likeness (QED) is 0.765. The number of aryl methyl sites for hydroxylation is 1. The topological polar surface area (TPSA) is 58.4 Å². The van der Waals surface area contributed by atoms with E-state index in [1.54, 1.807) is 10.9 Å². The summed E-state index contributed by atoms with van der Waals surface area (Å²) in [4.78, 5) is 30.2. The number of aromatic nitrogens is 2. The van der Waals surface area contributed by atoms with E-state index in [2.05, 4.69) is 11.6 Å². The van der Waals surface area contributed by atoms with E-state index in [0.717, 1.165) is 26.9 Å². The van der Waals surface area contributed by atoms with E-state index in [4.69, 9.17) is 0 Å². The van der Waals surface area contributed by atoms with E-state index in [-0.39, 0.29) is 26.1 Å². The highest BCUT2D eigenvalue weighted by atomic mass is 19.4. The molecule has 1 aliphatic rings. The van der Waals surface area contributed by atoms with Gasteiger partial charge in [-0.15, -0.1) is 0 Å². The summed E-state index contributed by atoms with van der Waals surface area (Å²) in [7, 11) is 0. The lowest BCUT2D eigenvalue weighted by molar-refractivity contribution is -0.201. The van der Waals surface area contributed by atoms with E-state index in [9.17, 15) is 22.8 Å². The molecule has 2 aromatic rings. The maximum absolute atomic E-state index is 13.4. The Balaban J connectivity index is 1.70. The van der Waals surface area contributed by atoms with Gasteiger partial charge in [-0.05, 0) is 18.2 Å². The van der Waals surface area contributed by atoms with Crippen molar-refractivity contribution >= 4 is 22.8 Å². The first-order valence-electron chi connectivity index (χ1n) is 8.48. The van der Waals surface area contributed by atoms with Gasteiger partial charge in [0.05, 0.1) is 23.9 Å². The molecule has 6 nitrogen and oxygen atoms in total. The van der Waals surface area contributed by atoms with Crippen LogP contribution in [0.25, 0.3) is 11.0 Å². The molecular weight excluding hydrogens is 361 g/mol. The van der Waals surface area contributed by atoms with E-state index < -0.39 is 30.6 Å². The SMILES string of the molecule is C=CC(=O)N1CCN(C(=O)CCn2cnc3ccccc32)C(C(F)(F)F)C1. The van der Waals surface area contributed by atoms with Crippen LogP contribution in [0.5, 0.6) is 0 Å². The molecule has 2 heterocycles.